The average Bonchev–Trinajstić information content (AvgIpc) is 2.74. The van der Waals surface area contributed by atoms with Crippen LogP contribution in [0.15, 0.2) is 42.6 Å². The van der Waals surface area contributed by atoms with Gasteiger partial charge in [-0.1, -0.05) is 23.2 Å². The Hall–Kier alpha value is -2.51. The van der Waals surface area contributed by atoms with Gasteiger partial charge in [-0.25, -0.2) is 18.2 Å². The lowest BCUT2D eigenvalue weighted by Crippen LogP contribution is -2.47. The van der Waals surface area contributed by atoms with Crippen molar-refractivity contribution in [1.82, 2.24) is 9.88 Å². The molecule has 1 saturated heterocycles. The zero-order chi connectivity index (χ0) is 23.0. The maximum Gasteiger partial charge on any atom is 0.263 e. The average molecular weight is 483 g/mol. The summed E-state index contributed by atoms with van der Waals surface area (Å²) >= 11 is 12.5. The van der Waals surface area contributed by atoms with Gasteiger partial charge in [-0.15, -0.1) is 0 Å². The van der Waals surface area contributed by atoms with Gasteiger partial charge in [0.25, 0.3) is 11.8 Å². The summed E-state index contributed by atoms with van der Waals surface area (Å²) < 4.78 is 46.0. The van der Waals surface area contributed by atoms with Crippen LogP contribution in [0, 0.1) is 5.82 Å². The topological polar surface area (TPSA) is 42.4 Å². The van der Waals surface area contributed by atoms with Crippen molar-refractivity contribution in [3.05, 3.63) is 58.6 Å². The highest BCUT2D eigenvalue weighted by Crippen LogP contribution is 2.37. The number of amides is 1. The fraction of sp³-hybridized carbons (Fsp3) is 0.304. The molecule has 1 aromatic heterocycles. The van der Waals surface area contributed by atoms with E-state index in [1.807, 2.05) is 0 Å². The molecule has 0 unspecified atom stereocenters. The first-order valence-corrected chi connectivity index (χ1v) is 10.8. The van der Waals surface area contributed by atoms with Gasteiger partial charge in [0.2, 0.25) is 0 Å². The molecule has 0 saturated carbocycles. The lowest BCUT2D eigenvalue weighted by Gasteiger charge is -2.33. The molecule has 0 bridgehead atoms. The van der Waals surface area contributed by atoms with Gasteiger partial charge in [0.1, 0.15) is 16.7 Å². The molecule has 4 rings (SSSR count). The van der Waals surface area contributed by atoms with Crippen LogP contribution in [0.1, 0.15) is 19.8 Å². The van der Waals surface area contributed by atoms with E-state index >= 15 is 0 Å². The maximum atomic E-state index is 13.4. The number of fused-ring (bicyclic) bond motifs is 1. The van der Waals surface area contributed by atoms with Crippen molar-refractivity contribution in [2.24, 2.45) is 0 Å². The van der Waals surface area contributed by atoms with Crippen molar-refractivity contribution in [2.75, 3.05) is 13.1 Å². The van der Waals surface area contributed by atoms with Gasteiger partial charge in [0.05, 0.1) is 5.02 Å². The van der Waals surface area contributed by atoms with E-state index in [-0.39, 0.29) is 42.0 Å². The Morgan fingerprint density at radius 1 is 1.09 bits per heavy atom. The minimum atomic E-state index is -2.73. The number of nitrogens with zero attached hydrogens (tertiary/aromatic N) is 2. The van der Waals surface area contributed by atoms with E-state index < -0.39 is 17.8 Å². The molecule has 32 heavy (non-hydrogen) atoms. The van der Waals surface area contributed by atoms with Crippen molar-refractivity contribution < 1.29 is 22.7 Å². The normalized spacial score (nSPS) is 16.8. The lowest BCUT2D eigenvalue weighted by atomic mass is 10.0. The molecular formula is C23H19Cl2F3N2O2. The van der Waals surface area contributed by atoms with Crippen molar-refractivity contribution in [1.29, 1.82) is 0 Å². The van der Waals surface area contributed by atoms with Gasteiger partial charge in [-0.3, -0.25) is 4.79 Å². The van der Waals surface area contributed by atoms with Gasteiger partial charge in [0.15, 0.2) is 6.10 Å². The fourth-order valence-corrected chi connectivity index (χ4v) is 4.23. The molecule has 4 nitrogen and oxygen atoms in total. The van der Waals surface area contributed by atoms with Gasteiger partial charge in [0, 0.05) is 48.6 Å². The molecule has 1 amide bonds. The molecule has 1 aliphatic heterocycles. The SMILES string of the molecule is C[C@@H](Oc1ccc2c(-c3ccc(F)cc3Cl)cnc(Cl)c2c1)C(=O)N1CCC(F)(F)CC1. The fourth-order valence-electron chi connectivity index (χ4n) is 3.75. The number of piperidine rings is 1. The largest absolute Gasteiger partial charge is 0.481 e. The van der Waals surface area contributed by atoms with Crippen LogP contribution in [0.5, 0.6) is 5.75 Å². The van der Waals surface area contributed by atoms with Crippen LogP contribution in [0.4, 0.5) is 13.2 Å². The highest BCUT2D eigenvalue weighted by atomic mass is 35.5. The summed E-state index contributed by atoms with van der Waals surface area (Å²) in [7, 11) is 0. The number of carbonyl (C=O) groups is 1. The van der Waals surface area contributed by atoms with Gasteiger partial charge in [-0.05, 0) is 48.7 Å². The number of carbonyl (C=O) groups excluding carboxylic acids is 1. The predicted molar refractivity (Wildman–Crippen MR) is 118 cm³/mol. The molecule has 1 aliphatic rings. The smallest absolute Gasteiger partial charge is 0.263 e. The summed E-state index contributed by atoms with van der Waals surface area (Å²) in [5, 5.41) is 1.76. The third-order valence-electron chi connectivity index (χ3n) is 5.50. The molecule has 2 heterocycles. The first-order chi connectivity index (χ1) is 15.1. The summed E-state index contributed by atoms with van der Waals surface area (Å²) in [4.78, 5) is 18.2. The Kier molecular flexibility index (Phi) is 6.23. The minimum Gasteiger partial charge on any atom is -0.481 e. The molecule has 1 atom stereocenters. The van der Waals surface area contributed by atoms with Crippen LogP contribution in [-0.4, -0.2) is 40.9 Å². The zero-order valence-electron chi connectivity index (χ0n) is 17.0. The summed E-state index contributed by atoms with van der Waals surface area (Å²) in [6.45, 7) is 1.57. The second-order valence-electron chi connectivity index (χ2n) is 7.74. The number of rotatable bonds is 4. The number of alkyl halides is 2. The van der Waals surface area contributed by atoms with Crippen LogP contribution in [0.2, 0.25) is 10.2 Å². The number of ether oxygens (including phenoxy) is 1. The molecule has 0 N–H and O–H groups in total. The van der Waals surface area contributed by atoms with Crippen molar-refractivity contribution in [3.63, 3.8) is 0 Å². The molecular weight excluding hydrogens is 464 g/mol. The molecule has 1 fully saturated rings. The third-order valence-corrected chi connectivity index (χ3v) is 6.11. The molecule has 168 valence electrons. The van der Waals surface area contributed by atoms with E-state index in [9.17, 15) is 18.0 Å². The number of likely N-dealkylation sites (tertiary alicyclic amines) is 1. The number of benzene rings is 2. The quantitative estimate of drug-likeness (QED) is 0.405. The molecule has 2 aromatic carbocycles. The van der Waals surface area contributed by atoms with Crippen molar-refractivity contribution >= 4 is 39.9 Å². The van der Waals surface area contributed by atoms with E-state index in [1.54, 1.807) is 37.4 Å². The first-order valence-electron chi connectivity index (χ1n) is 10.0. The van der Waals surface area contributed by atoms with Crippen molar-refractivity contribution in [2.45, 2.75) is 31.8 Å². The Labute approximate surface area is 192 Å². The van der Waals surface area contributed by atoms with E-state index in [2.05, 4.69) is 4.98 Å². The Morgan fingerprint density at radius 3 is 2.50 bits per heavy atom. The van der Waals surface area contributed by atoms with Crippen LogP contribution >= 0.6 is 23.2 Å². The summed E-state index contributed by atoms with van der Waals surface area (Å²) in [5.41, 5.74) is 1.26. The van der Waals surface area contributed by atoms with Crippen LogP contribution < -0.4 is 4.74 Å². The summed E-state index contributed by atoms with van der Waals surface area (Å²) in [6, 6.07) is 9.18. The molecule has 0 aliphatic carbocycles. The minimum absolute atomic E-state index is 0.00517. The van der Waals surface area contributed by atoms with Crippen LogP contribution in [0.25, 0.3) is 21.9 Å². The first kappa shape index (κ1) is 22.7. The number of hydrogen-bond donors (Lipinski definition) is 0. The standard InChI is InChI=1S/C23H19Cl2F3N2O2/c1-13(22(31)30-8-6-23(27,28)7-9-30)32-15-3-5-16-18(11-15)21(25)29-12-19(16)17-4-2-14(26)10-20(17)24/h2-5,10-13H,6-9H2,1H3/t13-/m1/s1. The Balaban J connectivity index is 1.58. The molecule has 0 spiro atoms. The summed E-state index contributed by atoms with van der Waals surface area (Å²) in [6.07, 6.45) is -0.00193. The monoisotopic (exact) mass is 482 g/mol. The second-order valence-corrected chi connectivity index (χ2v) is 8.50. The lowest BCUT2D eigenvalue weighted by molar-refractivity contribution is -0.143. The molecule has 0 radical (unpaired) electrons. The van der Waals surface area contributed by atoms with E-state index in [0.29, 0.717) is 22.3 Å². The molecule has 3 aromatic rings. The highest BCUT2D eigenvalue weighted by molar-refractivity contribution is 6.36. The van der Waals surface area contributed by atoms with Crippen LogP contribution in [0.3, 0.4) is 0 Å². The zero-order valence-corrected chi connectivity index (χ0v) is 18.6. The number of hydrogen-bond acceptors (Lipinski definition) is 3. The van der Waals surface area contributed by atoms with Crippen LogP contribution in [-0.2, 0) is 4.79 Å². The van der Waals surface area contributed by atoms with E-state index in [1.165, 1.54) is 17.0 Å². The van der Waals surface area contributed by atoms with E-state index in [0.717, 1.165) is 5.39 Å². The molecule has 9 heteroatoms. The summed E-state index contributed by atoms with van der Waals surface area (Å²) in [5.74, 6) is -3.14. The third kappa shape index (κ3) is 4.64. The maximum absolute atomic E-state index is 13.4. The Bertz CT molecular complexity index is 1180. The van der Waals surface area contributed by atoms with Gasteiger partial charge >= 0.3 is 0 Å². The van der Waals surface area contributed by atoms with Crippen molar-refractivity contribution in [3.8, 4) is 16.9 Å². The second kappa shape index (κ2) is 8.79. The number of halogens is 5. The number of pyridine rings is 1. The highest BCUT2D eigenvalue weighted by Gasteiger charge is 2.36. The Morgan fingerprint density at radius 2 is 1.81 bits per heavy atom. The number of aromatic nitrogens is 1. The predicted octanol–water partition coefficient (Wildman–Crippen LogP) is 6.37. The van der Waals surface area contributed by atoms with Gasteiger partial charge < -0.3 is 9.64 Å². The van der Waals surface area contributed by atoms with Gasteiger partial charge in [-0.2, -0.15) is 0 Å². The van der Waals surface area contributed by atoms with E-state index in [4.69, 9.17) is 27.9 Å².